The third-order valence-corrected chi connectivity index (χ3v) is 5.95. The first-order valence-electron chi connectivity index (χ1n) is 9.14. The van der Waals surface area contributed by atoms with Gasteiger partial charge in [0, 0.05) is 43.4 Å². The lowest BCUT2D eigenvalue weighted by Gasteiger charge is -2.35. The first-order chi connectivity index (χ1) is 12.2. The predicted octanol–water partition coefficient (Wildman–Crippen LogP) is 2.37. The fourth-order valence-electron chi connectivity index (χ4n) is 4.09. The highest BCUT2D eigenvalue weighted by atomic mass is 32.1. The Labute approximate surface area is 152 Å². The number of fused-ring (bicyclic) bond motifs is 4. The predicted molar refractivity (Wildman–Crippen MR) is 97.0 cm³/mol. The monoisotopic (exact) mass is 359 g/mol. The van der Waals surface area contributed by atoms with Gasteiger partial charge >= 0.3 is 0 Å². The minimum absolute atomic E-state index is 0.118. The maximum atomic E-state index is 12.9. The highest BCUT2D eigenvalue weighted by molar-refractivity contribution is 7.07. The molecule has 0 radical (unpaired) electrons. The highest BCUT2D eigenvalue weighted by Gasteiger charge is 2.40. The number of piperidine rings is 1. The van der Waals surface area contributed by atoms with Crippen LogP contribution in [0, 0.1) is 5.92 Å². The van der Waals surface area contributed by atoms with Crippen molar-refractivity contribution in [2.24, 2.45) is 5.92 Å². The van der Waals surface area contributed by atoms with Crippen molar-refractivity contribution >= 4 is 17.2 Å². The van der Waals surface area contributed by atoms with Gasteiger partial charge in [0.25, 0.3) is 0 Å². The summed E-state index contributed by atoms with van der Waals surface area (Å²) in [4.78, 5) is 26.3. The van der Waals surface area contributed by atoms with E-state index in [9.17, 15) is 4.79 Å². The van der Waals surface area contributed by atoms with Crippen molar-refractivity contribution in [3.05, 3.63) is 34.8 Å². The lowest BCUT2D eigenvalue weighted by Crippen LogP contribution is -2.47. The van der Waals surface area contributed by atoms with E-state index in [-0.39, 0.29) is 5.92 Å². The molecule has 5 rings (SSSR count). The SMILES string of the molecule is CCCn1ccnc1CN1C[C@H]2CC[C@@H](C1)N(Cc1cscn1)C2=O. The molecule has 2 aromatic rings. The van der Waals surface area contributed by atoms with Crippen LogP contribution in [0.15, 0.2) is 23.3 Å². The normalized spacial score (nSPS) is 24.0. The van der Waals surface area contributed by atoms with E-state index in [1.807, 2.05) is 17.1 Å². The Morgan fingerprint density at radius 1 is 1.24 bits per heavy atom. The smallest absolute Gasteiger partial charge is 0.227 e. The van der Waals surface area contributed by atoms with Gasteiger partial charge in [-0.1, -0.05) is 6.92 Å². The summed E-state index contributed by atoms with van der Waals surface area (Å²) in [5.41, 5.74) is 2.85. The van der Waals surface area contributed by atoms with Crippen molar-refractivity contribution in [1.82, 2.24) is 24.3 Å². The fourth-order valence-corrected chi connectivity index (χ4v) is 4.64. The summed E-state index contributed by atoms with van der Waals surface area (Å²) in [6.07, 6.45) is 7.16. The fraction of sp³-hybridized carbons (Fsp3) is 0.611. The summed E-state index contributed by atoms with van der Waals surface area (Å²) >= 11 is 1.59. The zero-order valence-corrected chi connectivity index (χ0v) is 15.5. The number of carbonyl (C=O) groups is 1. The molecular formula is C18H25N5OS. The average molecular weight is 359 g/mol. The number of rotatable bonds is 6. The van der Waals surface area contributed by atoms with Crippen molar-refractivity contribution < 1.29 is 4.79 Å². The Bertz CT molecular complexity index is 713. The molecule has 7 heteroatoms. The van der Waals surface area contributed by atoms with Gasteiger partial charge < -0.3 is 9.47 Å². The van der Waals surface area contributed by atoms with Crippen LogP contribution in [-0.2, 0) is 24.4 Å². The summed E-state index contributed by atoms with van der Waals surface area (Å²) in [7, 11) is 0. The molecule has 0 saturated carbocycles. The van der Waals surface area contributed by atoms with Gasteiger partial charge in [0.15, 0.2) is 0 Å². The van der Waals surface area contributed by atoms with Gasteiger partial charge in [-0.2, -0.15) is 0 Å². The second kappa shape index (κ2) is 7.25. The van der Waals surface area contributed by atoms with Gasteiger partial charge in [-0.15, -0.1) is 11.3 Å². The number of nitrogens with zero attached hydrogens (tertiary/aromatic N) is 5. The minimum atomic E-state index is 0.118. The average Bonchev–Trinajstić information content (AvgIpc) is 3.19. The van der Waals surface area contributed by atoms with Crippen LogP contribution >= 0.6 is 11.3 Å². The number of hydrogen-bond acceptors (Lipinski definition) is 5. The lowest BCUT2D eigenvalue weighted by molar-refractivity contribution is -0.140. The van der Waals surface area contributed by atoms with Crippen molar-refractivity contribution in [2.45, 2.75) is 51.9 Å². The lowest BCUT2D eigenvalue weighted by atomic mass is 9.94. The van der Waals surface area contributed by atoms with Crippen molar-refractivity contribution in [3.63, 3.8) is 0 Å². The van der Waals surface area contributed by atoms with Crippen LogP contribution in [0.25, 0.3) is 0 Å². The van der Waals surface area contributed by atoms with Crippen LogP contribution in [0.3, 0.4) is 0 Å². The minimum Gasteiger partial charge on any atom is -0.334 e. The van der Waals surface area contributed by atoms with Gasteiger partial charge in [0.1, 0.15) is 5.82 Å². The van der Waals surface area contributed by atoms with E-state index in [4.69, 9.17) is 0 Å². The van der Waals surface area contributed by atoms with E-state index in [0.29, 0.717) is 18.5 Å². The standard InChI is InChI=1S/C18H25N5OS/c1-2-6-22-7-5-19-17(22)11-21-8-14-3-4-16(10-21)23(18(14)24)9-15-12-25-13-20-15/h5,7,12-14,16H,2-4,6,8-11H2,1H3/t14-,16+/m1/s1. The molecule has 3 saturated heterocycles. The van der Waals surface area contributed by atoms with Gasteiger partial charge in [0.05, 0.1) is 30.2 Å². The molecular weight excluding hydrogens is 334 g/mol. The molecule has 134 valence electrons. The summed E-state index contributed by atoms with van der Waals surface area (Å²) in [6.45, 7) is 6.46. The summed E-state index contributed by atoms with van der Waals surface area (Å²) in [6, 6.07) is 0.294. The molecule has 5 heterocycles. The highest BCUT2D eigenvalue weighted by Crippen LogP contribution is 2.31. The summed E-state index contributed by atoms with van der Waals surface area (Å²) in [5, 5.41) is 2.05. The molecule has 0 aromatic carbocycles. The Morgan fingerprint density at radius 2 is 2.16 bits per heavy atom. The molecule has 6 nitrogen and oxygen atoms in total. The molecule has 3 aliphatic rings. The van der Waals surface area contributed by atoms with E-state index < -0.39 is 0 Å². The topological polar surface area (TPSA) is 54.3 Å². The van der Waals surface area contributed by atoms with Gasteiger partial charge in [0.2, 0.25) is 5.91 Å². The molecule has 3 fully saturated rings. The van der Waals surface area contributed by atoms with E-state index in [0.717, 1.165) is 57.0 Å². The van der Waals surface area contributed by atoms with Crippen molar-refractivity contribution in [3.8, 4) is 0 Å². The maximum Gasteiger partial charge on any atom is 0.227 e. The van der Waals surface area contributed by atoms with E-state index in [1.165, 1.54) is 0 Å². The number of aryl methyl sites for hydroxylation is 1. The van der Waals surface area contributed by atoms with Gasteiger partial charge in [-0.05, 0) is 19.3 Å². The van der Waals surface area contributed by atoms with Crippen LogP contribution in [-0.4, -0.2) is 49.4 Å². The molecule has 2 bridgehead atoms. The molecule has 2 atom stereocenters. The Kier molecular flexibility index (Phi) is 4.85. The molecule has 25 heavy (non-hydrogen) atoms. The first kappa shape index (κ1) is 16.7. The third kappa shape index (κ3) is 3.48. The second-order valence-electron chi connectivity index (χ2n) is 7.10. The number of amides is 1. The van der Waals surface area contributed by atoms with Crippen LogP contribution in [0.1, 0.15) is 37.7 Å². The van der Waals surface area contributed by atoms with Crippen molar-refractivity contribution in [2.75, 3.05) is 13.1 Å². The molecule has 3 aliphatic heterocycles. The van der Waals surface area contributed by atoms with E-state index >= 15 is 0 Å². The quantitative estimate of drug-likeness (QED) is 0.795. The summed E-state index contributed by atoms with van der Waals surface area (Å²) in [5.74, 6) is 1.54. The van der Waals surface area contributed by atoms with Crippen LogP contribution in [0.4, 0.5) is 0 Å². The van der Waals surface area contributed by atoms with E-state index in [2.05, 4.69) is 37.5 Å². The Hall–Kier alpha value is -1.73. The van der Waals surface area contributed by atoms with Crippen LogP contribution in [0.2, 0.25) is 0 Å². The summed E-state index contributed by atoms with van der Waals surface area (Å²) < 4.78 is 2.24. The van der Waals surface area contributed by atoms with Crippen LogP contribution < -0.4 is 0 Å². The first-order valence-corrected chi connectivity index (χ1v) is 10.1. The number of aromatic nitrogens is 3. The Morgan fingerprint density at radius 3 is 2.96 bits per heavy atom. The zero-order chi connectivity index (χ0) is 17.2. The van der Waals surface area contributed by atoms with Gasteiger partial charge in [-0.25, -0.2) is 9.97 Å². The molecule has 0 spiro atoms. The number of hydrogen-bond donors (Lipinski definition) is 0. The number of carbonyl (C=O) groups excluding carboxylic acids is 1. The van der Waals surface area contributed by atoms with Crippen LogP contribution in [0.5, 0.6) is 0 Å². The molecule has 0 unspecified atom stereocenters. The zero-order valence-electron chi connectivity index (χ0n) is 14.7. The van der Waals surface area contributed by atoms with Crippen molar-refractivity contribution in [1.29, 1.82) is 0 Å². The molecule has 1 amide bonds. The largest absolute Gasteiger partial charge is 0.334 e. The second-order valence-corrected chi connectivity index (χ2v) is 7.82. The van der Waals surface area contributed by atoms with E-state index in [1.54, 1.807) is 11.3 Å². The maximum absolute atomic E-state index is 12.9. The Balaban J connectivity index is 1.48. The molecule has 0 N–H and O–H groups in total. The third-order valence-electron chi connectivity index (χ3n) is 5.32. The molecule has 2 aromatic heterocycles. The van der Waals surface area contributed by atoms with Gasteiger partial charge in [-0.3, -0.25) is 9.69 Å². The number of imidazole rings is 1. The molecule has 0 aliphatic carbocycles. The number of thiazole rings is 1.